The number of hydrogen-bond donors (Lipinski definition) is 0. The molecular weight excluding hydrogens is 338 g/mol. The first-order chi connectivity index (χ1) is 13.2. The lowest BCUT2D eigenvalue weighted by molar-refractivity contribution is 0.396. The lowest BCUT2D eigenvalue weighted by Gasteiger charge is -2.29. The fraction of sp³-hybridized carbons (Fsp3) is 0.360. The van der Waals surface area contributed by atoms with Gasteiger partial charge in [0.25, 0.3) is 0 Å². The highest BCUT2D eigenvalue weighted by Crippen LogP contribution is 2.41. The van der Waals surface area contributed by atoms with Crippen molar-refractivity contribution in [1.29, 1.82) is 0 Å². The molecule has 0 spiro atoms. The van der Waals surface area contributed by atoms with Gasteiger partial charge < -0.3 is 0 Å². The molecular formula is C25H26F2. The minimum Gasteiger partial charge on any atom is -0.204 e. The predicted molar refractivity (Wildman–Crippen MR) is 108 cm³/mol. The summed E-state index contributed by atoms with van der Waals surface area (Å²) in [6, 6.07) is 17.8. The quantitative estimate of drug-likeness (QED) is 0.449. The maximum Gasteiger partial charge on any atom is 0.166 e. The van der Waals surface area contributed by atoms with Crippen molar-refractivity contribution in [2.24, 2.45) is 0 Å². The van der Waals surface area contributed by atoms with Crippen molar-refractivity contribution in [3.8, 4) is 0 Å². The van der Waals surface area contributed by atoms with Gasteiger partial charge in [0.15, 0.2) is 11.6 Å². The van der Waals surface area contributed by atoms with Crippen LogP contribution in [0.4, 0.5) is 8.78 Å². The van der Waals surface area contributed by atoms with Gasteiger partial charge in [-0.3, -0.25) is 0 Å². The lowest BCUT2D eigenvalue weighted by atomic mass is 9.76. The topological polar surface area (TPSA) is 0 Å². The van der Waals surface area contributed by atoms with Crippen molar-refractivity contribution in [3.63, 3.8) is 0 Å². The highest BCUT2D eigenvalue weighted by atomic mass is 19.2. The average Bonchev–Trinajstić information content (AvgIpc) is 2.72. The monoisotopic (exact) mass is 364 g/mol. The van der Waals surface area contributed by atoms with E-state index in [9.17, 15) is 8.78 Å². The fourth-order valence-electron chi connectivity index (χ4n) is 4.54. The molecule has 140 valence electrons. The minimum atomic E-state index is -0.777. The first kappa shape index (κ1) is 18.2. The third-order valence-electron chi connectivity index (χ3n) is 6.12. The van der Waals surface area contributed by atoms with Crippen LogP contribution in [0.3, 0.4) is 0 Å². The molecule has 4 rings (SSSR count). The van der Waals surface area contributed by atoms with Gasteiger partial charge in [-0.05, 0) is 72.1 Å². The van der Waals surface area contributed by atoms with E-state index < -0.39 is 11.6 Å². The lowest BCUT2D eigenvalue weighted by Crippen LogP contribution is -2.12. The Hall–Kier alpha value is -2.22. The summed E-state index contributed by atoms with van der Waals surface area (Å²) in [6.07, 6.45) is 7.01. The molecule has 0 aromatic heterocycles. The summed E-state index contributed by atoms with van der Waals surface area (Å²) >= 11 is 0. The second-order valence-corrected chi connectivity index (χ2v) is 7.88. The summed E-state index contributed by atoms with van der Waals surface area (Å²) in [7, 11) is 0. The standard InChI is InChI=1S/C25H26F2/c1-2-3-17-4-6-18(7-5-17)19-8-10-20(11-9-19)21-12-14-23-22(16-21)13-15-24(26)25(23)27/h4-7,12-16,19-20H,2-3,8-11H2,1H3. The van der Waals surface area contributed by atoms with Gasteiger partial charge in [0, 0.05) is 5.39 Å². The Morgan fingerprint density at radius 3 is 2.07 bits per heavy atom. The Kier molecular flexibility index (Phi) is 5.24. The van der Waals surface area contributed by atoms with Gasteiger partial charge >= 0.3 is 0 Å². The number of benzene rings is 3. The second kappa shape index (κ2) is 7.80. The molecule has 2 heteroatoms. The zero-order valence-corrected chi connectivity index (χ0v) is 15.8. The molecule has 0 N–H and O–H groups in total. The van der Waals surface area contributed by atoms with Crippen LogP contribution in [0.15, 0.2) is 54.6 Å². The molecule has 1 fully saturated rings. The third-order valence-corrected chi connectivity index (χ3v) is 6.12. The average molecular weight is 364 g/mol. The Morgan fingerprint density at radius 1 is 0.778 bits per heavy atom. The maximum atomic E-state index is 13.9. The van der Waals surface area contributed by atoms with Gasteiger partial charge in [0.05, 0.1) is 0 Å². The molecule has 1 aliphatic carbocycles. The molecule has 1 saturated carbocycles. The van der Waals surface area contributed by atoms with Crippen LogP contribution in [0.5, 0.6) is 0 Å². The molecule has 0 bridgehead atoms. The molecule has 0 atom stereocenters. The summed E-state index contributed by atoms with van der Waals surface area (Å²) < 4.78 is 27.3. The van der Waals surface area contributed by atoms with E-state index in [1.165, 1.54) is 42.0 Å². The number of rotatable bonds is 4. The normalized spacial score (nSPS) is 20.1. The van der Waals surface area contributed by atoms with Crippen molar-refractivity contribution in [3.05, 3.63) is 82.9 Å². The Balaban J connectivity index is 1.46. The molecule has 0 unspecified atom stereocenters. The van der Waals surface area contributed by atoms with E-state index in [4.69, 9.17) is 0 Å². The molecule has 3 aromatic carbocycles. The largest absolute Gasteiger partial charge is 0.204 e. The number of fused-ring (bicyclic) bond motifs is 1. The molecule has 0 radical (unpaired) electrons. The molecule has 0 saturated heterocycles. The fourth-order valence-corrected chi connectivity index (χ4v) is 4.54. The first-order valence-corrected chi connectivity index (χ1v) is 10.1. The van der Waals surface area contributed by atoms with Gasteiger partial charge in [-0.2, -0.15) is 0 Å². The molecule has 3 aromatic rings. The van der Waals surface area contributed by atoms with E-state index in [1.54, 1.807) is 12.1 Å². The molecule has 0 nitrogen and oxygen atoms in total. The Bertz CT molecular complexity index is 919. The van der Waals surface area contributed by atoms with E-state index in [-0.39, 0.29) is 0 Å². The Morgan fingerprint density at radius 2 is 1.41 bits per heavy atom. The van der Waals surface area contributed by atoms with Crippen LogP contribution in [0, 0.1) is 11.6 Å². The van der Waals surface area contributed by atoms with E-state index in [0.29, 0.717) is 17.2 Å². The molecule has 27 heavy (non-hydrogen) atoms. The summed E-state index contributed by atoms with van der Waals surface area (Å²) in [5.74, 6) is -0.364. The SMILES string of the molecule is CCCc1ccc(C2CCC(c3ccc4c(F)c(F)ccc4c3)CC2)cc1. The van der Waals surface area contributed by atoms with Crippen molar-refractivity contribution in [2.45, 2.75) is 57.3 Å². The highest BCUT2D eigenvalue weighted by molar-refractivity contribution is 5.84. The number of halogens is 2. The first-order valence-electron chi connectivity index (χ1n) is 10.1. The molecule has 0 heterocycles. The van der Waals surface area contributed by atoms with E-state index >= 15 is 0 Å². The molecule has 0 aliphatic heterocycles. The van der Waals surface area contributed by atoms with Crippen LogP contribution >= 0.6 is 0 Å². The van der Waals surface area contributed by atoms with Gasteiger partial charge in [-0.25, -0.2) is 8.78 Å². The highest BCUT2D eigenvalue weighted by Gasteiger charge is 2.24. The van der Waals surface area contributed by atoms with E-state index in [2.05, 4.69) is 31.2 Å². The van der Waals surface area contributed by atoms with E-state index in [0.717, 1.165) is 24.6 Å². The molecule has 0 amide bonds. The van der Waals surface area contributed by atoms with Gasteiger partial charge in [-0.1, -0.05) is 61.9 Å². The van der Waals surface area contributed by atoms with Crippen LogP contribution in [0.2, 0.25) is 0 Å². The van der Waals surface area contributed by atoms with Crippen LogP contribution in [-0.2, 0) is 6.42 Å². The van der Waals surface area contributed by atoms with Crippen molar-refractivity contribution in [2.75, 3.05) is 0 Å². The van der Waals surface area contributed by atoms with Crippen molar-refractivity contribution < 1.29 is 8.78 Å². The smallest absolute Gasteiger partial charge is 0.166 e. The summed E-state index contributed by atoms with van der Waals surface area (Å²) in [5, 5.41) is 1.17. The van der Waals surface area contributed by atoms with Crippen LogP contribution in [0.25, 0.3) is 10.8 Å². The maximum absolute atomic E-state index is 13.9. The summed E-state index contributed by atoms with van der Waals surface area (Å²) in [6.45, 7) is 2.22. The van der Waals surface area contributed by atoms with Crippen LogP contribution in [-0.4, -0.2) is 0 Å². The second-order valence-electron chi connectivity index (χ2n) is 7.88. The number of aryl methyl sites for hydroxylation is 1. The van der Waals surface area contributed by atoms with Crippen molar-refractivity contribution >= 4 is 10.8 Å². The van der Waals surface area contributed by atoms with Crippen molar-refractivity contribution in [1.82, 2.24) is 0 Å². The third kappa shape index (κ3) is 3.76. The zero-order chi connectivity index (χ0) is 18.8. The van der Waals surface area contributed by atoms with Gasteiger partial charge in [0.1, 0.15) is 0 Å². The summed E-state index contributed by atoms with van der Waals surface area (Å²) in [5.41, 5.74) is 4.14. The van der Waals surface area contributed by atoms with Crippen LogP contribution < -0.4 is 0 Å². The number of hydrogen-bond acceptors (Lipinski definition) is 0. The zero-order valence-electron chi connectivity index (χ0n) is 15.8. The van der Waals surface area contributed by atoms with Gasteiger partial charge in [0.2, 0.25) is 0 Å². The van der Waals surface area contributed by atoms with Gasteiger partial charge in [-0.15, -0.1) is 0 Å². The predicted octanol–water partition coefficient (Wildman–Crippen LogP) is 7.51. The van der Waals surface area contributed by atoms with Crippen LogP contribution in [0.1, 0.15) is 67.6 Å². The van der Waals surface area contributed by atoms with E-state index in [1.807, 2.05) is 12.1 Å². The minimum absolute atomic E-state index is 0.375. The summed E-state index contributed by atoms with van der Waals surface area (Å²) in [4.78, 5) is 0. The Labute approximate surface area is 160 Å². The molecule has 1 aliphatic rings.